The van der Waals surface area contributed by atoms with Gasteiger partial charge < -0.3 is 10.3 Å². The average Bonchev–Trinajstić information content (AvgIpc) is 2.69. The smallest absolute Gasteiger partial charge is 0.267 e. The standard InChI is InChI=1S/C9H9N5O/c1-11-14-8(13-10)9-12-6-4-2-3-5-7(6)15-9/h2-5H,1,10H2,(H,13,14). The van der Waals surface area contributed by atoms with Gasteiger partial charge in [-0.15, -0.1) is 0 Å². The van der Waals surface area contributed by atoms with Crippen LogP contribution < -0.4 is 11.3 Å². The highest BCUT2D eigenvalue weighted by atomic mass is 16.3. The van der Waals surface area contributed by atoms with E-state index < -0.39 is 0 Å². The number of para-hydroxylation sites is 2. The summed E-state index contributed by atoms with van der Waals surface area (Å²) in [6.07, 6.45) is 0. The molecule has 0 atom stereocenters. The lowest BCUT2D eigenvalue weighted by molar-refractivity contribution is 0.584. The Bertz CT molecular complexity index is 483. The van der Waals surface area contributed by atoms with Gasteiger partial charge in [0.25, 0.3) is 5.89 Å². The molecule has 6 heteroatoms. The van der Waals surface area contributed by atoms with Crippen molar-refractivity contribution in [3.63, 3.8) is 0 Å². The summed E-state index contributed by atoms with van der Waals surface area (Å²) in [6, 6.07) is 7.36. The predicted octanol–water partition coefficient (Wildman–Crippen LogP) is 0.653. The zero-order valence-electron chi connectivity index (χ0n) is 7.84. The molecule has 0 amide bonds. The number of amidine groups is 1. The predicted molar refractivity (Wildman–Crippen MR) is 57.4 cm³/mol. The van der Waals surface area contributed by atoms with Crippen LogP contribution in [0.3, 0.4) is 0 Å². The van der Waals surface area contributed by atoms with Crippen LogP contribution in [0.2, 0.25) is 0 Å². The first-order valence-corrected chi connectivity index (χ1v) is 4.20. The summed E-state index contributed by atoms with van der Waals surface area (Å²) in [5.41, 5.74) is 3.89. The van der Waals surface area contributed by atoms with Crippen LogP contribution >= 0.6 is 0 Å². The van der Waals surface area contributed by atoms with E-state index in [9.17, 15) is 0 Å². The summed E-state index contributed by atoms with van der Waals surface area (Å²) in [7, 11) is 0. The van der Waals surface area contributed by atoms with Crippen LogP contribution in [-0.4, -0.2) is 17.5 Å². The first-order valence-electron chi connectivity index (χ1n) is 4.20. The first-order chi connectivity index (χ1) is 7.35. The van der Waals surface area contributed by atoms with Gasteiger partial charge in [-0.05, 0) is 12.1 Å². The van der Waals surface area contributed by atoms with E-state index in [0.29, 0.717) is 5.58 Å². The molecule has 1 aromatic heterocycles. The van der Waals surface area contributed by atoms with Crippen molar-refractivity contribution in [1.29, 1.82) is 0 Å². The van der Waals surface area contributed by atoms with Crippen LogP contribution in [0, 0.1) is 0 Å². The van der Waals surface area contributed by atoms with Crippen LogP contribution in [0.25, 0.3) is 11.1 Å². The lowest BCUT2D eigenvalue weighted by Crippen LogP contribution is -2.20. The van der Waals surface area contributed by atoms with E-state index in [1.807, 2.05) is 18.2 Å². The number of hydrogen-bond acceptors (Lipinski definition) is 5. The van der Waals surface area contributed by atoms with Crippen molar-refractivity contribution >= 4 is 23.7 Å². The lowest BCUT2D eigenvalue weighted by atomic mass is 10.3. The monoisotopic (exact) mass is 203 g/mol. The van der Waals surface area contributed by atoms with Gasteiger partial charge >= 0.3 is 0 Å². The summed E-state index contributed by atoms with van der Waals surface area (Å²) in [4.78, 5) is 4.17. The van der Waals surface area contributed by atoms with Crippen LogP contribution in [0.15, 0.2) is 38.9 Å². The third-order valence-corrected chi connectivity index (χ3v) is 1.81. The molecule has 2 rings (SSSR count). The molecule has 1 aromatic carbocycles. The summed E-state index contributed by atoms with van der Waals surface area (Å²) >= 11 is 0. The van der Waals surface area contributed by atoms with E-state index >= 15 is 0 Å². The molecule has 0 spiro atoms. The van der Waals surface area contributed by atoms with Crippen molar-refractivity contribution in [1.82, 2.24) is 10.4 Å². The molecule has 6 nitrogen and oxygen atoms in total. The molecule has 0 saturated heterocycles. The van der Waals surface area contributed by atoms with Crippen molar-refractivity contribution in [3.05, 3.63) is 30.2 Å². The molecule has 2 aromatic rings. The summed E-state index contributed by atoms with van der Waals surface area (Å²) in [6.45, 7) is 3.26. The number of hydrogen-bond donors (Lipinski definition) is 2. The van der Waals surface area contributed by atoms with Crippen molar-refractivity contribution in [3.8, 4) is 0 Å². The van der Waals surface area contributed by atoms with Crippen LogP contribution in [0.1, 0.15) is 5.89 Å². The number of nitrogens with one attached hydrogen (secondary N) is 1. The Morgan fingerprint density at radius 2 is 2.27 bits per heavy atom. The Labute approximate surface area is 85.5 Å². The summed E-state index contributed by atoms with van der Waals surface area (Å²) in [5.74, 6) is 5.67. The van der Waals surface area contributed by atoms with Crippen molar-refractivity contribution in [2.24, 2.45) is 16.0 Å². The topological polar surface area (TPSA) is 88.8 Å². The zero-order valence-corrected chi connectivity index (χ0v) is 7.84. The maximum atomic E-state index is 5.40. The molecule has 0 bridgehead atoms. The molecule has 0 unspecified atom stereocenters. The molecule has 3 N–H and O–H groups in total. The molecule has 0 aliphatic heterocycles. The SMILES string of the molecule is C=NN/C(=N\N)c1nc2ccccc2o1. The van der Waals surface area contributed by atoms with E-state index in [-0.39, 0.29) is 11.7 Å². The average molecular weight is 203 g/mol. The van der Waals surface area contributed by atoms with Crippen molar-refractivity contribution in [2.45, 2.75) is 0 Å². The summed E-state index contributed by atoms with van der Waals surface area (Å²) in [5, 5.41) is 6.90. The number of fused-ring (bicyclic) bond motifs is 1. The van der Waals surface area contributed by atoms with Gasteiger partial charge in [0.1, 0.15) is 5.52 Å². The highest BCUT2D eigenvalue weighted by Crippen LogP contribution is 2.14. The number of hydrazone groups is 2. The minimum atomic E-state index is 0.237. The fraction of sp³-hybridized carbons (Fsp3) is 0. The van der Waals surface area contributed by atoms with Crippen LogP contribution in [0.5, 0.6) is 0 Å². The highest BCUT2D eigenvalue weighted by molar-refractivity contribution is 5.96. The third kappa shape index (κ3) is 1.64. The number of rotatable bonds is 2. The van der Waals surface area contributed by atoms with Gasteiger partial charge in [0.2, 0.25) is 5.84 Å². The van der Waals surface area contributed by atoms with Crippen molar-refractivity contribution in [2.75, 3.05) is 0 Å². The lowest BCUT2D eigenvalue weighted by Gasteiger charge is -1.96. The highest BCUT2D eigenvalue weighted by Gasteiger charge is 2.10. The van der Waals surface area contributed by atoms with Gasteiger partial charge in [-0.2, -0.15) is 10.2 Å². The molecule has 15 heavy (non-hydrogen) atoms. The second-order valence-corrected chi connectivity index (χ2v) is 2.73. The molecular weight excluding hydrogens is 194 g/mol. The van der Waals surface area contributed by atoms with E-state index in [1.165, 1.54) is 0 Å². The van der Waals surface area contributed by atoms with E-state index in [2.05, 4.69) is 27.3 Å². The number of nitrogens with zero attached hydrogens (tertiary/aromatic N) is 3. The maximum absolute atomic E-state index is 5.40. The van der Waals surface area contributed by atoms with Gasteiger partial charge in [0, 0.05) is 6.72 Å². The largest absolute Gasteiger partial charge is 0.434 e. The number of aromatic nitrogens is 1. The Morgan fingerprint density at radius 1 is 1.47 bits per heavy atom. The number of oxazole rings is 1. The van der Waals surface area contributed by atoms with Crippen molar-refractivity contribution < 1.29 is 4.42 Å². The molecule has 1 heterocycles. The minimum absolute atomic E-state index is 0.237. The molecule has 0 aliphatic carbocycles. The maximum Gasteiger partial charge on any atom is 0.267 e. The Kier molecular flexibility index (Phi) is 2.32. The third-order valence-electron chi connectivity index (χ3n) is 1.81. The fourth-order valence-corrected chi connectivity index (χ4v) is 1.18. The molecule has 76 valence electrons. The van der Waals surface area contributed by atoms with Gasteiger partial charge in [-0.3, -0.25) is 5.43 Å². The van der Waals surface area contributed by atoms with Crippen LogP contribution in [0.4, 0.5) is 0 Å². The van der Waals surface area contributed by atoms with Crippen LogP contribution in [-0.2, 0) is 0 Å². The Morgan fingerprint density at radius 3 is 2.93 bits per heavy atom. The molecule has 0 fully saturated rings. The Balaban J connectivity index is 2.48. The van der Waals surface area contributed by atoms with E-state index in [4.69, 9.17) is 10.3 Å². The van der Waals surface area contributed by atoms with E-state index in [0.717, 1.165) is 5.52 Å². The number of benzene rings is 1. The summed E-state index contributed by atoms with van der Waals surface area (Å²) < 4.78 is 5.40. The molecule has 0 aliphatic rings. The van der Waals surface area contributed by atoms with Gasteiger partial charge in [-0.1, -0.05) is 12.1 Å². The molecule has 0 saturated carbocycles. The van der Waals surface area contributed by atoms with Gasteiger partial charge in [-0.25, -0.2) is 4.98 Å². The second-order valence-electron chi connectivity index (χ2n) is 2.73. The quantitative estimate of drug-likeness (QED) is 0.324. The normalized spacial score (nSPS) is 11.6. The minimum Gasteiger partial charge on any atom is -0.434 e. The van der Waals surface area contributed by atoms with E-state index in [1.54, 1.807) is 6.07 Å². The van der Waals surface area contributed by atoms with Gasteiger partial charge in [0.15, 0.2) is 5.58 Å². The Hall–Kier alpha value is -2.37. The fourth-order valence-electron chi connectivity index (χ4n) is 1.18. The second kappa shape index (κ2) is 3.79. The zero-order chi connectivity index (χ0) is 10.7. The first kappa shape index (κ1) is 9.20. The molecular formula is C9H9N5O. The molecule has 0 radical (unpaired) electrons. The van der Waals surface area contributed by atoms with Gasteiger partial charge in [0.05, 0.1) is 0 Å². The number of nitrogens with two attached hydrogens (primary N) is 1.